The lowest BCUT2D eigenvalue weighted by Gasteiger charge is -2.42. The molecule has 0 aromatic heterocycles. The fourth-order valence-electron chi connectivity index (χ4n) is 0.952. The van der Waals surface area contributed by atoms with Crippen molar-refractivity contribution < 1.29 is 23.8 Å². The minimum absolute atomic E-state index is 0.0170. The van der Waals surface area contributed by atoms with Gasteiger partial charge in [-0.15, -0.1) is 0 Å². The van der Waals surface area contributed by atoms with Crippen molar-refractivity contribution in [2.24, 2.45) is 0 Å². The summed E-state index contributed by atoms with van der Waals surface area (Å²) >= 11 is 0. The minimum atomic E-state index is -9.80. The fraction of sp³-hybridized carbons (Fsp3) is 0.333. The Morgan fingerprint density at radius 3 is 1.92 bits per heavy atom. The predicted molar refractivity (Wildman–Crippen MR) is 39.6 cm³/mol. The summed E-state index contributed by atoms with van der Waals surface area (Å²) in [6, 6.07) is 0. The molecular formula is C6H6F6S. The summed E-state index contributed by atoms with van der Waals surface area (Å²) in [7, 11) is -9.80. The maximum absolute atomic E-state index is 12.5. The first-order valence-electron chi connectivity index (χ1n) is 3.30. The molecule has 0 fully saturated rings. The number of halogens is 6. The van der Waals surface area contributed by atoms with Crippen LogP contribution in [0.15, 0.2) is 22.9 Å². The zero-order chi connectivity index (χ0) is 10.4. The zero-order valence-corrected chi connectivity index (χ0v) is 7.06. The molecule has 13 heavy (non-hydrogen) atoms. The van der Waals surface area contributed by atoms with E-state index < -0.39 is 27.4 Å². The van der Waals surface area contributed by atoms with Crippen molar-refractivity contribution in [2.75, 3.05) is 0 Å². The van der Waals surface area contributed by atoms with Gasteiger partial charge in [0.05, 0.1) is 0 Å². The Bertz CT molecular complexity index is 293. The van der Waals surface area contributed by atoms with E-state index in [1.807, 2.05) is 0 Å². The van der Waals surface area contributed by atoms with E-state index in [-0.39, 0.29) is 12.5 Å². The molecule has 0 N–H and O–H groups in total. The first-order valence-corrected chi connectivity index (χ1v) is 5.25. The van der Waals surface area contributed by atoms with Crippen LogP contribution >= 0.6 is 10.2 Å². The zero-order valence-electron chi connectivity index (χ0n) is 6.24. The standard InChI is InChI=1S/C6H6F6S/c7-5-3-1-2-4-6(5)13(8,9,10,11)12/h2,4H,1,3H2. The smallest absolute Gasteiger partial charge is 0.210 e. The molecule has 0 nitrogen and oxygen atoms in total. The Balaban J connectivity index is 3.32. The maximum Gasteiger partial charge on any atom is 0.312 e. The van der Waals surface area contributed by atoms with Crippen LogP contribution in [0.4, 0.5) is 23.8 Å². The summed E-state index contributed by atoms with van der Waals surface area (Å²) in [5.41, 5.74) is 0. The lowest BCUT2D eigenvalue weighted by Crippen LogP contribution is -2.10. The third-order valence-corrected chi connectivity index (χ3v) is 2.67. The topological polar surface area (TPSA) is 0 Å². The molecule has 7 heteroatoms. The first-order chi connectivity index (χ1) is 5.50. The molecule has 0 aromatic carbocycles. The average molecular weight is 224 g/mol. The average Bonchev–Trinajstić information content (AvgIpc) is 1.82. The Kier molecular flexibility index (Phi) is 1.67. The van der Waals surface area contributed by atoms with Crippen molar-refractivity contribution in [3.8, 4) is 0 Å². The van der Waals surface area contributed by atoms with Crippen LogP contribution in [0.1, 0.15) is 12.8 Å². The molecule has 0 saturated heterocycles. The molecule has 0 bridgehead atoms. The van der Waals surface area contributed by atoms with Crippen molar-refractivity contribution in [3.05, 3.63) is 22.9 Å². The second kappa shape index (κ2) is 2.08. The number of hydrogen-bond acceptors (Lipinski definition) is 0. The van der Waals surface area contributed by atoms with Gasteiger partial charge in [0.2, 0.25) is 0 Å². The molecule has 0 aliphatic heterocycles. The number of allylic oxidation sites excluding steroid dienone is 3. The lowest BCUT2D eigenvalue weighted by molar-refractivity contribution is 0.376. The second-order valence-electron chi connectivity index (χ2n) is 2.68. The van der Waals surface area contributed by atoms with Gasteiger partial charge < -0.3 is 0 Å². The van der Waals surface area contributed by atoms with Crippen molar-refractivity contribution in [2.45, 2.75) is 12.8 Å². The summed E-state index contributed by atoms with van der Waals surface area (Å²) in [6.45, 7) is 0. The quantitative estimate of drug-likeness (QED) is 0.560. The fourth-order valence-corrected chi connectivity index (χ4v) is 1.83. The third kappa shape index (κ3) is 2.43. The van der Waals surface area contributed by atoms with Crippen LogP contribution in [-0.4, -0.2) is 0 Å². The van der Waals surface area contributed by atoms with Gasteiger partial charge in [0.15, 0.2) is 0 Å². The Morgan fingerprint density at radius 2 is 1.62 bits per heavy atom. The van der Waals surface area contributed by atoms with Crippen molar-refractivity contribution in [1.82, 2.24) is 0 Å². The highest BCUT2D eigenvalue weighted by molar-refractivity contribution is 8.48. The molecule has 0 aromatic rings. The largest absolute Gasteiger partial charge is 0.312 e. The van der Waals surface area contributed by atoms with Gasteiger partial charge in [-0.05, 0) is 12.5 Å². The van der Waals surface area contributed by atoms with E-state index in [0.717, 1.165) is 6.08 Å². The molecule has 1 rings (SSSR count). The van der Waals surface area contributed by atoms with Gasteiger partial charge in [0.25, 0.3) is 0 Å². The van der Waals surface area contributed by atoms with Gasteiger partial charge in [0, 0.05) is 6.42 Å². The maximum atomic E-state index is 12.5. The van der Waals surface area contributed by atoms with Crippen LogP contribution in [0.5, 0.6) is 0 Å². The van der Waals surface area contributed by atoms with Crippen molar-refractivity contribution in [3.63, 3.8) is 0 Å². The molecule has 1 aliphatic carbocycles. The van der Waals surface area contributed by atoms with Gasteiger partial charge >= 0.3 is 10.2 Å². The summed E-state index contributed by atoms with van der Waals surface area (Å²) in [5.74, 6) is -1.78. The van der Waals surface area contributed by atoms with Crippen LogP contribution in [0, 0.1) is 0 Å². The molecule has 0 radical (unpaired) electrons. The molecule has 0 unspecified atom stereocenters. The third-order valence-electron chi connectivity index (χ3n) is 1.48. The van der Waals surface area contributed by atoms with Gasteiger partial charge in [-0.1, -0.05) is 25.5 Å². The van der Waals surface area contributed by atoms with Crippen molar-refractivity contribution in [1.29, 1.82) is 0 Å². The summed E-state index contributed by atoms with van der Waals surface area (Å²) in [6.07, 6.45) is 0.400. The van der Waals surface area contributed by atoms with E-state index >= 15 is 0 Å². The van der Waals surface area contributed by atoms with E-state index in [2.05, 4.69) is 0 Å². The van der Waals surface area contributed by atoms with Crippen LogP contribution < -0.4 is 0 Å². The Labute approximate surface area is 70.6 Å². The van der Waals surface area contributed by atoms with E-state index in [0.29, 0.717) is 0 Å². The Morgan fingerprint density at radius 1 is 1.08 bits per heavy atom. The number of hydrogen-bond donors (Lipinski definition) is 0. The van der Waals surface area contributed by atoms with Gasteiger partial charge in [0.1, 0.15) is 10.7 Å². The van der Waals surface area contributed by atoms with E-state index in [4.69, 9.17) is 0 Å². The Hall–Kier alpha value is -0.590. The van der Waals surface area contributed by atoms with Crippen LogP contribution in [0.2, 0.25) is 0 Å². The molecule has 0 amide bonds. The monoisotopic (exact) mass is 224 g/mol. The molecular weight excluding hydrogens is 218 g/mol. The van der Waals surface area contributed by atoms with E-state index in [1.54, 1.807) is 0 Å². The minimum Gasteiger partial charge on any atom is -0.210 e. The molecule has 0 heterocycles. The summed E-state index contributed by atoms with van der Waals surface area (Å²) < 4.78 is 72.5. The molecule has 78 valence electrons. The summed E-state index contributed by atoms with van der Waals surface area (Å²) in [5, 5.41) is 0. The SMILES string of the molecule is FC1=C(S(F)(F)(F)(F)F)C=CCC1. The van der Waals surface area contributed by atoms with Crippen LogP contribution in [-0.2, 0) is 0 Å². The highest BCUT2D eigenvalue weighted by atomic mass is 32.5. The predicted octanol–water partition coefficient (Wildman–Crippen LogP) is 4.82. The van der Waals surface area contributed by atoms with Gasteiger partial charge in [-0.25, -0.2) is 4.39 Å². The lowest BCUT2D eigenvalue weighted by atomic mass is 10.2. The number of rotatable bonds is 1. The summed E-state index contributed by atoms with van der Waals surface area (Å²) in [4.78, 5) is -2.38. The highest BCUT2D eigenvalue weighted by Crippen LogP contribution is 3.02. The normalized spacial score (nSPS) is 24.2. The first kappa shape index (κ1) is 10.5. The highest BCUT2D eigenvalue weighted by Gasteiger charge is 2.67. The van der Waals surface area contributed by atoms with Gasteiger partial charge in [-0.3, -0.25) is 0 Å². The van der Waals surface area contributed by atoms with Crippen molar-refractivity contribution >= 4 is 10.2 Å². The van der Waals surface area contributed by atoms with Gasteiger partial charge in [-0.2, -0.15) is 0 Å². The van der Waals surface area contributed by atoms with E-state index in [9.17, 15) is 23.8 Å². The molecule has 0 atom stereocenters. The molecule has 0 spiro atoms. The van der Waals surface area contributed by atoms with Crippen LogP contribution in [0.3, 0.4) is 0 Å². The second-order valence-corrected chi connectivity index (χ2v) is 5.06. The van der Waals surface area contributed by atoms with Crippen LogP contribution in [0.25, 0.3) is 0 Å². The molecule has 0 saturated carbocycles. The van der Waals surface area contributed by atoms with E-state index in [1.165, 1.54) is 0 Å². The molecule has 1 aliphatic rings.